The van der Waals surface area contributed by atoms with Crippen molar-refractivity contribution in [2.24, 2.45) is 0 Å². The molecule has 0 heterocycles. The maximum absolute atomic E-state index is 12.4. The Balaban J connectivity index is 1.68. The molecular weight excluding hydrogens is 484 g/mol. The number of anilines is 2. The quantitative estimate of drug-likeness (QED) is 0.166. The third-order valence-electron chi connectivity index (χ3n) is 5.77. The van der Waals surface area contributed by atoms with Crippen LogP contribution in [0.1, 0.15) is 0 Å². The average Bonchev–Trinajstić information content (AvgIpc) is 2.90. The Bertz CT molecular complexity index is 1640. The van der Waals surface area contributed by atoms with Gasteiger partial charge in [-0.1, -0.05) is 54.6 Å². The lowest BCUT2D eigenvalue weighted by atomic mass is 9.93. The van der Waals surface area contributed by atoms with Crippen LogP contribution in [0.3, 0.4) is 0 Å². The molecule has 6 nitrogen and oxygen atoms in total. The Morgan fingerprint density at radius 3 is 1.81 bits per heavy atom. The van der Waals surface area contributed by atoms with Gasteiger partial charge in [0.1, 0.15) is 23.0 Å². The molecular formula is C30H24N2O4S. The fourth-order valence-corrected chi connectivity index (χ4v) is 4.74. The number of nitrogen functional groups attached to an aromatic ring is 2. The van der Waals surface area contributed by atoms with Crippen molar-refractivity contribution in [3.63, 3.8) is 0 Å². The normalized spacial score (nSPS) is 10.8. The van der Waals surface area contributed by atoms with Crippen LogP contribution in [-0.4, -0.2) is 8.42 Å². The lowest BCUT2D eigenvalue weighted by Crippen LogP contribution is -1.97. The zero-order chi connectivity index (χ0) is 25.8. The molecule has 7 heteroatoms. The van der Waals surface area contributed by atoms with Gasteiger partial charge < -0.3 is 20.9 Å². The molecule has 0 aliphatic rings. The molecule has 0 atom stereocenters. The third kappa shape index (κ3) is 5.27. The number of para-hydroxylation sites is 2. The van der Waals surface area contributed by atoms with Gasteiger partial charge in [0.25, 0.3) is 0 Å². The molecule has 0 saturated carbocycles. The van der Waals surface area contributed by atoms with E-state index < -0.39 is 10.7 Å². The molecule has 184 valence electrons. The molecule has 5 aromatic carbocycles. The van der Waals surface area contributed by atoms with E-state index in [9.17, 15) is 8.42 Å². The van der Waals surface area contributed by atoms with E-state index in [2.05, 4.69) is 0 Å². The molecule has 5 aromatic rings. The Hall–Kier alpha value is -4.75. The molecule has 0 saturated heterocycles. The van der Waals surface area contributed by atoms with E-state index in [0.717, 1.165) is 5.56 Å². The van der Waals surface area contributed by atoms with Crippen LogP contribution in [0.15, 0.2) is 120 Å². The van der Waals surface area contributed by atoms with Gasteiger partial charge in [-0.05, 0) is 60.2 Å². The van der Waals surface area contributed by atoms with Gasteiger partial charge in [-0.15, -0.1) is 0 Å². The van der Waals surface area contributed by atoms with Crippen LogP contribution >= 0.6 is 0 Å². The van der Waals surface area contributed by atoms with E-state index in [1.165, 1.54) is 0 Å². The van der Waals surface area contributed by atoms with E-state index in [4.69, 9.17) is 20.9 Å². The van der Waals surface area contributed by atoms with Gasteiger partial charge >= 0.3 is 0 Å². The van der Waals surface area contributed by atoms with E-state index >= 15 is 0 Å². The van der Waals surface area contributed by atoms with Crippen LogP contribution in [0.2, 0.25) is 0 Å². The van der Waals surface area contributed by atoms with Gasteiger partial charge in [-0.25, -0.2) is 8.42 Å². The molecule has 0 unspecified atom stereocenters. The van der Waals surface area contributed by atoms with Crippen molar-refractivity contribution < 1.29 is 17.9 Å². The number of thiol groups is 1. The molecule has 5 rings (SSSR count). The first-order chi connectivity index (χ1) is 18.0. The molecule has 0 fully saturated rings. The van der Waals surface area contributed by atoms with Crippen LogP contribution < -0.4 is 20.9 Å². The average molecular weight is 509 g/mol. The number of nitrogens with two attached hydrogens (primary N) is 2. The number of hydrogen-bond donors (Lipinski definition) is 3. The highest BCUT2D eigenvalue weighted by molar-refractivity contribution is 7.72. The SMILES string of the molecule is Nc1ccc(Oc2ccccc2-c2cccc([SH](=O)=O)c2-c2ccccc2Oc2cccc(N)c2)cc1. The van der Waals surface area contributed by atoms with Gasteiger partial charge in [0.2, 0.25) is 0 Å². The number of benzene rings is 5. The summed E-state index contributed by atoms with van der Waals surface area (Å²) in [7, 11) is -2.92. The Kier molecular flexibility index (Phi) is 6.78. The highest BCUT2D eigenvalue weighted by Gasteiger charge is 2.20. The van der Waals surface area contributed by atoms with Crippen molar-refractivity contribution in [2.45, 2.75) is 4.90 Å². The summed E-state index contributed by atoms with van der Waals surface area (Å²) >= 11 is 0. The van der Waals surface area contributed by atoms with Crippen molar-refractivity contribution in [3.05, 3.63) is 115 Å². The predicted octanol–water partition coefficient (Wildman–Crippen LogP) is 6.74. The molecule has 0 bridgehead atoms. The molecule has 0 aliphatic heterocycles. The van der Waals surface area contributed by atoms with Crippen molar-refractivity contribution in [1.82, 2.24) is 0 Å². The molecule has 0 amide bonds. The Morgan fingerprint density at radius 1 is 0.514 bits per heavy atom. The zero-order valence-corrected chi connectivity index (χ0v) is 20.6. The highest BCUT2D eigenvalue weighted by Crippen LogP contribution is 2.44. The van der Waals surface area contributed by atoms with Gasteiger partial charge in [-0.2, -0.15) is 0 Å². The Labute approximate surface area is 216 Å². The van der Waals surface area contributed by atoms with E-state index in [1.807, 2.05) is 48.5 Å². The number of rotatable bonds is 7. The lowest BCUT2D eigenvalue weighted by Gasteiger charge is -2.18. The van der Waals surface area contributed by atoms with Gasteiger partial charge in [0.15, 0.2) is 10.7 Å². The second kappa shape index (κ2) is 10.5. The van der Waals surface area contributed by atoms with Crippen LogP contribution in [0.5, 0.6) is 23.0 Å². The van der Waals surface area contributed by atoms with E-state index in [-0.39, 0.29) is 4.90 Å². The van der Waals surface area contributed by atoms with Crippen LogP contribution in [0, 0.1) is 0 Å². The zero-order valence-electron chi connectivity index (χ0n) is 19.7. The minimum atomic E-state index is -2.92. The van der Waals surface area contributed by atoms with E-state index in [1.54, 1.807) is 66.7 Å². The largest absolute Gasteiger partial charge is 0.457 e. The fraction of sp³-hybridized carbons (Fsp3) is 0. The topological polar surface area (TPSA) is 105 Å². The molecule has 4 N–H and O–H groups in total. The van der Waals surface area contributed by atoms with Crippen molar-refractivity contribution in [1.29, 1.82) is 0 Å². The van der Waals surface area contributed by atoms with E-state index in [0.29, 0.717) is 51.1 Å². The minimum Gasteiger partial charge on any atom is -0.457 e. The summed E-state index contributed by atoms with van der Waals surface area (Å²) in [4.78, 5) is 0.179. The van der Waals surface area contributed by atoms with Crippen molar-refractivity contribution >= 4 is 22.1 Å². The summed E-state index contributed by atoms with van der Waals surface area (Å²) in [6.45, 7) is 0. The van der Waals surface area contributed by atoms with Gasteiger partial charge in [-0.3, -0.25) is 0 Å². The van der Waals surface area contributed by atoms with Gasteiger partial charge in [0, 0.05) is 34.1 Å². The maximum atomic E-state index is 12.4. The summed E-state index contributed by atoms with van der Waals surface area (Å²) in [6, 6.07) is 34.2. The standard InChI is InChI=1S/C30H24N2O4S/c31-20-15-17-22(18-16-20)35-27-12-3-1-9-24(27)25-11-6-14-29(37(33)34)30(25)26-10-2-4-13-28(26)36-23-8-5-7-21(32)19-23/h1-19,37H,31-32H2. The maximum Gasteiger partial charge on any atom is 0.168 e. The van der Waals surface area contributed by atoms with Crippen molar-refractivity contribution in [2.75, 3.05) is 11.5 Å². The number of ether oxygens (including phenoxy) is 2. The molecule has 0 radical (unpaired) electrons. The number of hydrogen-bond acceptors (Lipinski definition) is 6. The lowest BCUT2D eigenvalue weighted by molar-refractivity contribution is 0.483. The van der Waals surface area contributed by atoms with Gasteiger partial charge in [0.05, 0.1) is 4.90 Å². The summed E-state index contributed by atoms with van der Waals surface area (Å²) in [5.74, 6) is 2.22. The first-order valence-corrected chi connectivity index (χ1v) is 12.7. The minimum absolute atomic E-state index is 0.179. The third-order valence-corrected chi connectivity index (χ3v) is 6.53. The van der Waals surface area contributed by atoms with Crippen LogP contribution in [0.25, 0.3) is 22.3 Å². The molecule has 0 spiro atoms. The second-order valence-electron chi connectivity index (χ2n) is 8.29. The fourth-order valence-electron chi connectivity index (χ4n) is 4.11. The monoisotopic (exact) mass is 508 g/mol. The first-order valence-electron chi connectivity index (χ1n) is 11.5. The summed E-state index contributed by atoms with van der Waals surface area (Å²) < 4.78 is 37.3. The molecule has 0 aromatic heterocycles. The molecule has 0 aliphatic carbocycles. The van der Waals surface area contributed by atoms with Crippen LogP contribution in [-0.2, 0) is 10.7 Å². The first kappa shape index (κ1) is 24.0. The summed E-state index contributed by atoms with van der Waals surface area (Å²) in [5.41, 5.74) is 15.5. The summed E-state index contributed by atoms with van der Waals surface area (Å²) in [5, 5.41) is 0. The Morgan fingerprint density at radius 2 is 1.11 bits per heavy atom. The van der Waals surface area contributed by atoms with Crippen LogP contribution in [0.4, 0.5) is 11.4 Å². The molecule has 37 heavy (non-hydrogen) atoms. The highest BCUT2D eigenvalue weighted by atomic mass is 32.2. The van der Waals surface area contributed by atoms with Crippen molar-refractivity contribution in [3.8, 4) is 45.3 Å². The second-order valence-corrected chi connectivity index (χ2v) is 9.29. The predicted molar refractivity (Wildman–Crippen MR) is 148 cm³/mol. The summed E-state index contributed by atoms with van der Waals surface area (Å²) in [6.07, 6.45) is 0. The smallest absolute Gasteiger partial charge is 0.168 e.